The number of carbonyl (C=O) groups excluding carboxylic acids is 3. The Morgan fingerprint density at radius 2 is 0.611 bits per heavy atom. The first kappa shape index (κ1) is 52.4. The predicted molar refractivity (Wildman–Crippen MR) is 229 cm³/mol. The van der Waals surface area contributed by atoms with Gasteiger partial charge in [-0.1, -0.05) is 221 Å². The topological polar surface area (TPSA) is 78.9 Å². The Bertz CT molecular complexity index is 824. The third kappa shape index (κ3) is 41.6. The van der Waals surface area contributed by atoms with Crippen LogP contribution in [0.1, 0.15) is 259 Å². The number of unbranched alkanes of at least 4 members (excludes halogenated alkanes) is 27. The molecule has 6 heteroatoms. The quantitative estimate of drug-likeness (QED) is 0.0350. The zero-order valence-corrected chi connectivity index (χ0v) is 36.8. The van der Waals surface area contributed by atoms with Gasteiger partial charge >= 0.3 is 17.9 Å². The first-order valence-electron chi connectivity index (χ1n) is 23.7. The molecule has 0 aliphatic rings. The second-order valence-corrected chi connectivity index (χ2v) is 17.3. The van der Waals surface area contributed by atoms with E-state index in [1.54, 1.807) is 0 Å². The van der Waals surface area contributed by atoms with Gasteiger partial charge in [-0.3, -0.25) is 14.4 Å². The molecule has 0 unspecified atom stereocenters. The summed E-state index contributed by atoms with van der Waals surface area (Å²) in [5, 5.41) is 0. The van der Waals surface area contributed by atoms with Crippen LogP contribution in [0.2, 0.25) is 0 Å². The fourth-order valence-electron chi connectivity index (χ4n) is 7.11. The lowest BCUT2D eigenvalue weighted by Gasteiger charge is -2.18. The number of hydrogen-bond donors (Lipinski definition) is 0. The summed E-state index contributed by atoms with van der Waals surface area (Å²) in [5.74, 6) is 0.737. The van der Waals surface area contributed by atoms with Crippen LogP contribution in [-0.2, 0) is 28.6 Å². The number of rotatable bonds is 42. The summed E-state index contributed by atoms with van der Waals surface area (Å²) in [4.78, 5) is 37.7. The van der Waals surface area contributed by atoms with Gasteiger partial charge in [-0.2, -0.15) is 0 Å². The molecule has 0 saturated carbocycles. The molecule has 1 atom stereocenters. The van der Waals surface area contributed by atoms with Crippen LogP contribution in [0.3, 0.4) is 0 Å². The van der Waals surface area contributed by atoms with Crippen molar-refractivity contribution in [1.29, 1.82) is 0 Å². The maximum atomic E-state index is 12.7. The molecule has 0 bridgehead atoms. The summed E-state index contributed by atoms with van der Waals surface area (Å²) in [7, 11) is 0. The van der Waals surface area contributed by atoms with Crippen LogP contribution < -0.4 is 0 Å². The zero-order valence-electron chi connectivity index (χ0n) is 36.8. The van der Waals surface area contributed by atoms with Gasteiger partial charge in [0, 0.05) is 19.3 Å². The Balaban J connectivity index is 4.30. The van der Waals surface area contributed by atoms with Gasteiger partial charge in [0.15, 0.2) is 6.10 Å². The lowest BCUT2D eigenvalue weighted by Crippen LogP contribution is -2.30. The van der Waals surface area contributed by atoms with E-state index < -0.39 is 6.10 Å². The van der Waals surface area contributed by atoms with E-state index in [4.69, 9.17) is 14.2 Å². The van der Waals surface area contributed by atoms with Crippen LogP contribution in [0.15, 0.2) is 0 Å². The number of ether oxygens (including phenoxy) is 3. The SMILES string of the molecule is CCCCCCCCCCCCCCC(=O)OC[C@H](COC(=O)CCCCCCCCC(C)C)OC(=O)CCCCCCCCCCCCCCC(C)C. The van der Waals surface area contributed by atoms with Gasteiger partial charge in [0.05, 0.1) is 0 Å². The Kier molecular flexibility index (Phi) is 39.8. The van der Waals surface area contributed by atoms with Crippen LogP contribution in [0.25, 0.3) is 0 Å². The molecule has 0 heterocycles. The van der Waals surface area contributed by atoms with E-state index in [1.807, 2.05) is 0 Å². The third-order valence-electron chi connectivity index (χ3n) is 10.7. The second-order valence-electron chi connectivity index (χ2n) is 17.3. The maximum absolute atomic E-state index is 12.7. The van der Waals surface area contributed by atoms with E-state index in [9.17, 15) is 14.4 Å². The molecule has 0 saturated heterocycles. The van der Waals surface area contributed by atoms with Gasteiger partial charge in [0.2, 0.25) is 0 Å². The summed E-state index contributed by atoms with van der Waals surface area (Å²) >= 11 is 0. The lowest BCUT2D eigenvalue weighted by molar-refractivity contribution is -0.167. The van der Waals surface area contributed by atoms with E-state index in [0.29, 0.717) is 19.3 Å². The van der Waals surface area contributed by atoms with Gasteiger partial charge in [-0.15, -0.1) is 0 Å². The minimum absolute atomic E-state index is 0.0650. The van der Waals surface area contributed by atoms with Crippen molar-refractivity contribution in [3.8, 4) is 0 Å². The molecule has 0 aliphatic heterocycles. The number of carbonyl (C=O) groups is 3. The van der Waals surface area contributed by atoms with Gasteiger partial charge in [0.1, 0.15) is 13.2 Å². The van der Waals surface area contributed by atoms with Crippen molar-refractivity contribution in [2.45, 2.75) is 265 Å². The van der Waals surface area contributed by atoms with E-state index >= 15 is 0 Å². The number of esters is 3. The average molecular weight is 765 g/mol. The summed E-state index contributed by atoms with van der Waals surface area (Å²) in [6, 6.07) is 0. The van der Waals surface area contributed by atoms with Crippen LogP contribution in [-0.4, -0.2) is 37.2 Å². The van der Waals surface area contributed by atoms with Crippen LogP contribution in [0, 0.1) is 11.8 Å². The first-order valence-corrected chi connectivity index (χ1v) is 23.7. The maximum Gasteiger partial charge on any atom is 0.306 e. The zero-order chi connectivity index (χ0) is 39.7. The Morgan fingerprint density at radius 3 is 0.907 bits per heavy atom. The van der Waals surface area contributed by atoms with Gasteiger partial charge in [0.25, 0.3) is 0 Å². The van der Waals surface area contributed by atoms with Gasteiger partial charge < -0.3 is 14.2 Å². The highest BCUT2D eigenvalue weighted by atomic mass is 16.6. The van der Waals surface area contributed by atoms with E-state index in [0.717, 1.165) is 69.6 Å². The van der Waals surface area contributed by atoms with Crippen molar-refractivity contribution >= 4 is 17.9 Å². The van der Waals surface area contributed by atoms with Crippen LogP contribution in [0.4, 0.5) is 0 Å². The highest BCUT2D eigenvalue weighted by Crippen LogP contribution is 2.17. The van der Waals surface area contributed by atoms with Crippen molar-refractivity contribution in [1.82, 2.24) is 0 Å². The minimum atomic E-state index is -0.761. The highest BCUT2D eigenvalue weighted by molar-refractivity contribution is 5.71. The number of hydrogen-bond acceptors (Lipinski definition) is 6. The first-order chi connectivity index (χ1) is 26.2. The molecule has 0 N–H and O–H groups in total. The van der Waals surface area contributed by atoms with Crippen molar-refractivity contribution < 1.29 is 28.6 Å². The fourth-order valence-corrected chi connectivity index (χ4v) is 7.11. The highest BCUT2D eigenvalue weighted by Gasteiger charge is 2.19. The second kappa shape index (κ2) is 41.1. The summed E-state index contributed by atoms with van der Waals surface area (Å²) in [6.07, 6.45) is 39.5. The third-order valence-corrected chi connectivity index (χ3v) is 10.7. The van der Waals surface area contributed by atoms with Crippen molar-refractivity contribution in [2.24, 2.45) is 11.8 Å². The lowest BCUT2D eigenvalue weighted by atomic mass is 10.0. The molecule has 0 aliphatic carbocycles. The standard InChI is InChI=1S/C48H92O6/c1-6-7-8-9-10-11-12-16-19-22-28-33-38-46(49)52-41-45(42-53-47(50)39-34-29-25-24-27-32-37-44(4)5)54-48(51)40-35-30-23-20-17-14-13-15-18-21-26-31-36-43(2)3/h43-45H,6-42H2,1-5H3/t45-/m1/s1. The summed E-state index contributed by atoms with van der Waals surface area (Å²) < 4.78 is 16.7. The Morgan fingerprint density at radius 1 is 0.352 bits per heavy atom. The van der Waals surface area contributed by atoms with E-state index in [1.165, 1.54) is 148 Å². The molecule has 0 aromatic carbocycles. The predicted octanol–water partition coefficient (Wildman–Crippen LogP) is 15.0. The van der Waals surface area contributed by atoms with Gasteiger partial charge in [-0.25, -0.2) is 0 Å². The van der Waals surface area contributed by atoms with Gasteiger partial charge in [-0.05, 0) is 31.1 Å². The smallest absolute Gasteiger partial charge is 0.306 e. The molecule has 0 fully saturated rings. The Hall–Kier alpha value is -1.59. The van der Waals surface area contributed by atoms with E-state index in [-0.39, 0.29) is 31.1 Å². The molecule has 320 valence electrons. The Labute approximate surface area is 336 Å². The molecule has 0 rings (SSSR count). The monoisotopic (exact) mass is 765 g/mol. The molecule has 0 aromatic heterocycles. The summed E-state index contributed by atoms with van der Waals surface area (Å²) in [5.41, 5.74) is 0. The van der Waals surface area contributed by atoms with Crippen LogP contribution in [0.5, 0.6) is 0 Å². The van der Waals surface area contributed by atoms with E-state index in [2.05, 4.69) is 34.6 Å². The molecule has 0 spiro atoms. The molecule has 0 amide bonds. The molecular weight excluding hydrogens is 673 g/mol. The van der Waals surface area contributed by atoms with Crippen molar-refractivity contribution in [2.75, 3.05) is 13.2 Å². The summed E-state index contributed by atoms with van der Waals surface area (Å²) in [6.45, 7) is 11.3. The normalized spacial score (nSPS) is 12.1. The molecule has 0 radical (unpaired) electrons. The molecule has 54 heavy (non-hydrogen) atoms. The fraction of sp³-hybridized carbons (Fsp3) is 0.938. The molecule has 6 nitrogen and oxygen atoms in total. The average Bonchev–Trinajstić information content (AvgIpc) is 3.14. The molecule has 0 aromatic rings. The van der Waals surface area contributed by atoms with Crippen molar-refractivity contribution in [3.05, 3.63) is 0 Å². The largest absolute Gasteiger partial charge is 0.462 e. The van der Waals surface area contributed by atoms with Crippen LogP contribution >= 0.6 is 0 Å². The van der Waals surface area contributed by atoms with Crippen molar-refractivity contribution in [3.63, 3.8) is 0 Å². The molecular formula is C48H92O6. The minimum Gasteiger partial charge on any atom is -0.462 e.